The Morgan fingerprint density at radius 1 is 0.919 bits per heavy atom. The first-order chi connectivity index (χ1) is 18.0. The largest absolute Gasteiger partial charge is 0.478 e. The summed E-state index contributed by atoms with van der Waals surface area (Å²) in [6, 6.07) is 31.1. The second-order valence-electron chi connectivity index (χ2n) is 8.40. The van der Waals surface area contributed by atoms with Crippen molar-refractivity contribution in [1.82, 2.24) is 0 Å². The van der Waals surface area contributed by atoms with Gasteiger partial charge >= 0.3 is 5.97 Å². The number of carboxylic acids is 1. The van der Waals surface area contributed by atoms with Gasteiger partial charge in [0.05, 0.1) is 0 Å². The molecule has 5 heteroatoms. The van der Waals surface area contributed by atoms with Crippen molar-refractivity contribution in [2.24, 2.45) is 0 Å². The monoisotopic (exact) mass is 488 g/mol. The quantitative estimate of drug-likeness (QED) is 0.0982. The molecule has 0 aliphatic carbocycles. The van der Waals surface area contributed by atoms with Crippen LogP contribution in [0.4, 0.5) is 5.69 Å². The van der Waals surface area contributed by atoms with E-state index in [1.807, 2.05) is 91.0 Å². The van der Waals surface area contributed by atoms with Crippen LogP contribution in [0, 0.1) is 5.41 Å². The molecule has 4 rings (SSSR count). The third kappa shape index (κ3) is 6.03. The van der Waals surface area contributed by atoms with E-state index in [4.69, 9.17) is 21.0 Å². The number of carboxylic acid groups (broad SMARTS) is 1. The molecule has 0 aliphatic heterocycles. The van der Waals surface area contributed by atoms with E-state index in [1.54, 1.807) is 6.08 Å². The third-order valence-electron chi connectivity index (χ3n) is 5.99. The average molecular weight is 489 g/mol. The molecule has 0 amide bonds. The molecule has 4 aromatic rings. The number of nitrogens with two attached hydrogens (primary N) is 1. The van der Waals surface area contributed by atoms with Gasteiger partial charge in [0, 0.05) is 29.1 Å². The van der Waals surface area contributed by atoms with Gasteiger partial charge in [-0.3, -0.25) is 0 Å². The molecule has 5 nitrogen and oxygen atoms in total. The molecule has 0 heterocycles. The minimum absolute atomic E-state index is 0.540. The Kier molecular flexibility index (Phi) is 7.96. The van der Waals surface area contributed by atoms with E-state index in [2.05, 4.69) is 13.0 Å². The molecular formula is C32H28N2O3. The van der Waals surface area contributed by atoms with Crippen LogP contribution in [-0.2, 0) is 4.79 Å². The van der Waals surface area contributed by atoms with Crippen LogP contribution in [0.3, 0.4) is 0 Å². The van der Waals surface area contributed by atoms with Crippen molar-refractivity contribution in [3.05, 3.63) is 131 Å². The predicted molar refractivity (Wildman–Crippen MR) is 151 cm³/mol. The summed E-state index contributed by atoms with van der Waals surface area (Å²) >= 11 is 0. The van der Waals surface area contributed by atoms with Crippen molar-refractivity contribution in [1.29, 1.82) is 5.41 Å². The number of rotatable bonds is 9. The predicted octanol–water partition coefficient (Wildman–Crippen LogP) is 7.53. The van der Waals surface area contributed by atoms with Crippen LogP contribution in [0.25, 0.3) is 17.2 Å². The molecule has 0 saturated carbocycles. The lowest BCUT2D eigenvalue weighted by molar-refractivity contribution is -0.131. The minimum atomic E-state index is -0.992. The Hall–Kier alpha value is -4.90. The lowest BCUT2D eigenvalue weighted by Gasteiger charge is -2.20. The fourth-order valence-electron chi connectivity index (χ4n) is 4.22. The van der Waals surface area contributed by atoms with Crippen molar-refractivity contribution in [3.63, 3.8) is 0 Å². The van der Waals surface area contributed by atoms with E-state index in [1.165, 1.54) is 6.21 Å². The Morgan fingerprint density at radius 3 is 2.27 bits per heavy atom. The van der Waals surface area contributed by atoms with Gasteiger partial charge < -0.3 is 21.0 Å². The molecule has 0 aliphatic rings. The van der Waals surface area contributed by atoms with Crippen molar-refractivity contribution >= 4 is 35.1 Å². The number of para-hydroxylation sites is 2. The molecule has 4 N–H and O–H groups in total. The zero-order chi connectivity index (χ0) is 26.2. The Morgan fingerprint density at radius 2 is 1.59 bits per heavy atom. The van der Waals surface area contributed by atoms with Gasteiger partial charge in [0.2, 0.25) is 0 Å². The number of ether oxygens (including phenoxy) is 1. The molecule has 0 spiro atoms. The standard InChI is InChI=1S/C32H28N2O3/c1-2-27(28-10-6-7-11-30(28)37-26-8-4-3-5-9-26)32(24-17-18-29(34)25(20-24)21-33)23-15-12-22(13-16-23)14-19-31(35)36/h3-21,33H,2,34H2,1H3,(H,35,36)/b19-14+,32-27+,33-21?. The normalized spacial score (nSPS) is 11.7. The van der Waals surface area contributed by atoms with Gasteiger partial charge in [0.25, 0.3) is 0 Å². The van der Waals surface area contributed by atoms with Gasteiger partial charge in [0.1, 0.15) is 11.5 Å². The van der Waals surface area contributed by atoms with E-state index in [0.717, 1.165) is 57.4 Å². The second-order valence-corrected chi connectivity index (χ2v) is 8.40. The highest BCUT2D eigenvalue weighted by Gasteiger charge is 2.17. The topological polar surface area (TPSA) is 96.4 Å². The van der Waals surface area contributed by atoms with Crippen LogP contribution in [0.5, 0.6) is 11.5 Å². The van der Waals surface area contributed by atoms with Crippen LogP contribution < -0.4 is 10.5 Å². The van der Waals surface area contributed by atoms with Gasteiger partial charge in [0.15, 0.2) is 0 Å². The number of nitrogen functional groups attached to an aromatic ring is 1. The first-order valence-electron chi connectivity index (χ1n) is 12.0. The van der Waals surface area contributed by atoms with E-state index in [9.17, 15) is 4.79 Å². The number of nitrogens with one attached hydrogen (secondary N) is 1. The average Bonchev–Trinajstić information content (AvgIpc) is 2.92. The van der Waals surface area contributed by atoms with E-state index in [-0.39, 0.29) is 0 Å². The highest BCUT2D eigenvalue weighted by molar-refractivity contribution is 6.01. The Bertz CT molecular complexity index is 1470. The van der Waals surface area contributed by atoms with Crippen LogP contribution in [-0.4, -0.2) is 17.3 Å². The van der Waals surface area contributed by atoms with E-state index >= 15 is 0 Å². The summed E-state index contributed by atoms with van der Waals surface area (Å²) in [5, 5.41) is 16.8. The molecule has 37 heavy (non-hydrogen) atoms. The summed E-state index contributed by atoms with van der Waals surface area (Å²) in [6.45, 7) is 2.10. The molecule has 0 unspecified atom stereocenters. The number of hydrogen-bond donors (Lipinski definition) is 3. The SMILES string of the molecule is CC/C(=C(/c1ccc(/C=C/C(=O)O)cc1)c1ccc(N)c(C=N)c1)c1ccccc1Oc1ccccc1. The molecule has 0 bridgehead atoms. The van der Waals surface area contributed by atoms with Gasteiger partial charge in [-0.2, -0.15) is 0 Å². The number of anilines is 1. The molecule has 0 fully saturated rings. The zero-order valence-corrected chi connectivity index (χ0v) is 20.5. The Labute approximate surface area is 216 Å². The first kappa shape index (κ1) is 25.2. The lowest BCUT2D eigenvalue weighted by Crippen LogP contribution is -2.00. The highest BCUT2D eigenvalue weighted by atomic mass is 16.5. The number of allylic oxidation sites excluding steroid dienone is 1. The van der Waals surface area contributed by atoms with Crippen LogP contribution in [0.15, 0.2) is 103 Å². The van der Waals surface area contributed by atoms with Gasteiger partial charge in [-0.25, -0.2) is 4.79 Å². The van der Waals surface area contributed by atoms with Crippen molar-refractivity contribution in [2.45, 2.75) is 13.3 Å². The van der Waals surface area contributed by atoms with Gasteiger partial charge in [-0.1, -0.05) is 73.7 Å². The number of carbonyl (C=O) groups is 1. The third-order valence-corrected chi connectivity index (χ3v) is 5.99. The number of benzene rings is 4. The number of aliphatic carboxylic acids is 1. The maximum absolute atomic E-state index is 10.9. The summed E-state index contributed by atoms with van der Waals surface area (Å²) < 4.78 is 6.30. The van der Waals surface area contributed by atoms with E-state index in [0.29, 0.717) is 11.3 Å². The molecule has 0 aromatic heterocycles. The maximum atomic E-state index is 10.9. The Balaban J connectivity index is 1.92. The highest BCUT2D eigenvalue weighted by Crippen LogP contribution is 2.40. The molecule has 4 aromatic carbocycles. The van der Waals surface area contributed by atoms with Crippen LogP contribution >= 0.6 is 0 Å². The molecule has 0 atom stereocenters. The summed E-state index contributed by atoms with van der Waals surface area (Å²) in [5.74, 6) is 0.501. The maximum Gasteiger partial charge on any atom is 0.328 e. The smallest absolute Gasteiger partial charge is 0.328 e. The fourth-order valence-corrected chi connectivity index (χ4v) is 4.22. The zero-order valence-electron chi connectivity index (χ0n) is 20.5. The van der Waals surface area contributed by atoms with Crippen molar-refractivity contribution in [2.75, 3.05) is 5.73 Å². The summed E-state index contributed by atoms with van der Waals surface area (Å²) in [4.78, 5) is 10.9. The fraction of sp³-hybridized carbons (Fsp3) is 0.0625. The lowest BCUT2D eigenvalue weighted by atomic mass is 9.87. The summed E-state index contributed by atoms with van der Waals surface area (Å²) in [7, 11) is 0. The molecule has 184 valence electrons. The van der Waals surface area contributed by atoms with Crippen molar-refractivity contribution < 1.29 is 14.6 Å². The summed E-state index contributed by atoms with van der Waals surface area (Å²) in [5.41, 5.74) is 13.0. The van der Waals surface area contributed by atoms with Gasteiger partial charge in [-0.15, -0.1) is 0 Å². The van der Waals surface area contributed by atoms with E-state index < -0.39 is 5.97 Å². The first-order valence-corrected chi connectivity index (χ1v) is 12.0. The van der Waals surface area contributed by atoms with Crippen LogP contribution in [0.2, 0.25) is 0 Å². The number of hydrogen-bond acceptors (Lipinski definition) is 4. The molecule has 0 saturated heterocycles. The summed E-state index contributed by atoms with van der Waals surface area (Å²) in [6.07, 6.45) is 4.66. The minimum Gasteiger partial charge on any atom is -0.478 e. The molecular weight excluding hydrogens is 460 g/mol. The van der Waals surface area contributed by atoms with Gasteiger partial charge in [-0.05, 0) is 70.7 Å². The molecule has 0 radical (unpaired) electrons. The van der Waals surface area contributed by atoms with Crippen LogP contribution in [0.1, 0.15) is 41.2 Å². The van der Waals surface area contributed by atoms with Crippen molar-refractivity contribution in [3.8, 4) is 11.5 Å². The second kappa shape index (κ2) is 11.7.